The summed E-state index contributed by atoms with van der Waals surface area (Å²) in [7, 11) is 1.69. The maximum Gasteiger partial charge on any atom is 0.234 e. The van der Waals surface area contributed by atoms with Gasteiger partial charge in [-0.15, -0.1) is 10.2 Å². The molecule has 34 heavy (non-hydrogen) atoms. The Bertz CT molecular complexity index is 893. The van der Waals surface area contributed by atoms with Crippen LogP contribution in [-0.2, 0) is 45.1 Å². The molecule has 0 aromatic carbocycles. The Balaban J connectivity index is 1.57. The highest BCUT2D eigenvalue weighted by Crippen LogP contribution is 1.99. The Hall–Kier alpha value is -3.48. The van der Waals surface area contributed by atoms with Gasteiger partial charge in [0, 0.05) is 38.3 Å². The summed E-state index contributed by atoms with van der Waals surface area (Å²) in [5.41, 5.74) is 1.48. The van der Waals surface area contributed by atoms with Crippen LogP contribution in [0.25, 0.3) is 0 Å². The normalized spacial score (nSPS) is 10.9. The van der Waals surface area contributed by atoms with E-state index in [1.54, 1.807) is 33.7 Å². The molecule has 2 aromatic rings. The summed E-state index contributed by atoms with van der Waals surface area (Å²) in [5, 5.41) is 21.5. The van der Waals surface area contributed by atoms with E-state index in [1.165, 1.54) is 13.8 Å². The van der Waals surface area contributed by atoms with E-state index in [0.717, 1.165) is 11.4 Å². The molecule has 0 saturated heterocycles. The van der Waals surface area contributed by atoms with Gasteiger partial charge >= 0.3 is 0 Å². The van der Waals surface area contributed by atoms with E-state index in [0.29, 0.717) is 51.9 Å². The highest BCUT2D eigenvalue weighted by molar-refractivity contribution is 5.81. The fourth-order valence-corrected chi connectivity index (χ4v) is 3.01. The molecule has 2 N–H and O–H groups in total. The van der Waals surface area contributed by atoms with Crippen molar-refractivity contribution >= 4 is 23.4 Å². The number of carbonyl (C=O) groups is 4. The third-order valence-corrected chi connectivity index (χ3v) is 4.79. The predicted octanol–water partition coefficient (Wildman–Crippen LogP) is -1.22. The third kappa shape index (κ3) is 10.9. The molecule has 2 heterocycles. The van der Waals surface area contributed by atoms with Crippen LogP contribution < -0.4 is 10.6 Å². The summed E-state index contributed by atoms with van der Waals surface area (Å²) in [5.74, 6) is -0.197. The van der Waals surface area contributed by atoms with E-state index in [9.17, 15) is 19.2 Å². The second kappa shape index (κ2) is 13.9. The number of amides is 2. The minimum atomic E-state index is -0.201. The molecule has 0 aliphatic heterocycles. The molecule has 0 bridgehead atoms. The van der Waals surface area contributed by atoms with Gasteiger partial charge < -0.3 is 20.2 Å². The van der Waals surface area contributed by atoms with E-state index >= 15 is 0 Å². The lowest BCUT2D eigenvalue weighted by Gasteiger charge is -2.16. The van der Waals surface area contributed by atoms with Crippen molar-refractivity contribution in [1.82, 2.24) is 45.5 Å². The molecular formula is C21H33N9O4. The zero-order valence-electron chi connectivity index (χ0n) is 20.0. The standard InChI is InChI=1S/C21H33N9O4/c1-16(31)4-6-18-12-29(26-24-18)10-8-22-20(33)14-28(3)15-21(34)23-9-11-30-13-19(25-27-30)7-5-17(2)32/h12-13H,4-11,14-15H2,1-3H3,(H,22,33)(H,23,34). The molecule has 13 nitrogen and oxygen atoms in total. The van der Waals surface area contributed by atoms with Gasteiger partial charge in [0.2, 0.25) is 11.8 Å². The molecule has 0 aliphatic carbocycles. The monoisotopic (exact) mass is 475 g/mol. The summed E-state index contributed by atoms with van der Waals surface area (Å²) in [6.45, 7) is 4.91. The van der Waals surface area contributed by atoms with Crippen molar-refractivity contribution in [3.8, 4) is 0 Å². The number of Topliss-reactive ketones (excluding diaryl/α,β-unsaturated/α-hetero) is 2. The fourth-order valence-electron chi connectivity index (χ4n) is 3.01. The van der Waals surface area contributed by atoms with Crippen LogP contribution in [0.4, 0.5) is 0 Å². The second-order valence-corrected chi connectivity index (χ2v) is 8.22. The van der Waals surface area contributed by atoms with E-state index in [1.807, 2.05) is 0 Å². The summed E-state index contributed by atoms with van der Waals surface area (Å²) >= 11 is 0. The van der Waals surface area contributed by atoms with Gasteiger partial charge in [-0.05, 0) is 33.7 Å². The lowest BCUT2D eigenvalue weighted by molar-refractivity contribution is -0.124. The molecule has 0 atom stereocenters. The first-order valence-corrected chi connectivity index (χ1v) is 11.2. The van der Waals surface area contributed by atoms with Crippen LogP contribution in [0.3, 0.4) is 0 Å². The SMILES string of the molecule is CC(=O)CCc1cn(CCNC(=O)CN(C)CC(=O)NCCn2cc(CCC(C)=O)nn2)nn1. The van der Waals surface area contributed by atoms with Crippen LogP contribution in [0.15, 0.2) is 12.4 Å². The molecule has 2 rings (SSSR count). The van der Waals surface area contributed by atoms with Gasteiger partial charge in [-0.1, -0.05) is 10.4 Å². The van der Waals surface area contributed by atoms with Crippen LogP contribution in [0.5, 0.6) is 0 Å². The first kappa shape index (κ1) is 26.8. The Morgan fingerprint density at radius 1 is 0.794 bits per heavy atom. The number of aromatic nitrogens is 6. The number of carbonyl (C=O) groups excluding carboxylic acids is 4. The van der Waals surface area contributed by atoms with Crippen molar-refractivity contribution in [1.29, 1.82) is 0 Å². The van der Waals surface area contributed by atoms with Crippen molar-refractivity contribution in [2.75, 3.05) is 33.2 Å². The van der Waals surface area contributed by atoms with Crippen LogP contribution in [0, 0.1) is 0 Å². The minimum Gasteiger partial charge on any atom is -0.353 e. The van der Waals surface area contributed by atoms with E-state index in [4.69, 9.17) is 0 Å². The predicted molar refractivity (Wildman–Crippen MR) is 122 cm³/mol. The Morgan fingerprint density at radius 2 is 1.21 bits per heavy atom. The molecular weight excluding hydrogens is 442 g/mol. The maximum atomic E-state index is 12.1. The van der Waals surface area contributed by atoms with Crippen molar-refractivity contribution in [2.45, 2.75) is 52.6 Å². The van der Waals surface area contributed by atoms with Gasteiger partial charge in [-0.3, -0.25) is 23.9 Å². The van der Waals surface area contributed by atoms with Crippen molar-refractivity contribution in [3.63, 3.8) is 0 Å². The van der Waals surface area contributed by atoms with Gasteiger partial charge in [0.05, 0.1) is 37.6 Å². The van der Waals surface area contributed by atoms with Gasteiger partial charge in [-0.2, -0.15) is 0 Å². The van der Waals surface area contributed by atoms with Gasteiger partial charge in [0.1, 0.15) is 11.6 Å². The fraction of sp³-hybridized carbons (Fsp3) is 0.619. The molecule has 0 unspecified atom stereocenters. The van der Waals surface area contributed by atoms with E-state index in [2.05, 4.69) is 31.3 Å². The lowest BCUT2D eigenvalue weighted by Crippen LogP contribution is -2.42. The Morgan fingerprint density at radius 3 is 1.59 bits per heavy atom. The summed E-state index contributed by atoms with van der Waals surface area (Å²) in [4.78, 5) is 47.9. The highest BCUT2D eigenvalue weighted by Gasteiger charge is 2.11. The largest absolute Gasteiger partial charge is 0.353 e. The molecule has 0 fully saturated rings. The summed E-state index contributed by atoms with van der Waals surface area (Å²) < 4.78 is 3.24. The van der Waals surface area contributed by atoms with E-state index in [-0.39, 0.29) is 36.5 Å². The zero-order chi connectivity index (χ0) is 24.9. The van der Waals surface area contributed by atoms with Crippen LogP contribution in [0.2, 0.25) is 0 Å². The first-order valence-electron chi connectivity index (χ1n) is 11.2. The maximum absolute atomic E-state index is 12.1. The Kier molecular flexibility index (Phi) is 11.0. The van der Waals surface area contributed by atoms with Crippen molar-refractivity contribution in [2.24, 2.45) is 0 Å². The topological polar surface area (TPSA) is 157 Å². The number of likely N-dealkylation sites (N-methyl/N-ethyl adjacent to an activating group) is 1. The average molecular weight is 476 g/mol. The van der Waals surface area contributed by atoms with Crippen LogP contribution >= 0.6 is 0 Å². The van der Waals surface area contributed by atoms with E-state index < -0.39 is 0 Å². The summed E-state index contributed by atoms with van der Waals surface area (Å²) in [6.07, 6.45) is 5.48. The molecule has 0 aliphatic rings. The van der Waals surface area contributed by atoms with Crippen LogP contribution in [-0.4, -0.2) is 91.5 Å². The lowest BCUT2D eigenvalue weighted by atomic mass is 10.2. The first-order chi connectivity index (χ1) is 16.2. The highest BCUT2D eigenvalue weighted by atomic mass is 16.2. The van der Waals surface area contributed by atoms with Gasteiger partial charge in [0.15, 0.2) is 0 Å². The Labute approximate surface area is 198 Å². The molecule has 0 spiro atoms. The number of ketones is 2. The second-order valence-electron chi connectivity index (χ2n) is 8.22. The number of nitrogens with one attached hydrogen (secondary N) is 2. The number of hydrogen-bond acceptors (Lipinski definition) is 9. The van der Waals surface area contributed by atoms with Gasteiger partial charge in [-0.25, -0.2) is 0 Å². The number of aryl methyl sites for hydroxylation is 2. The number of nitrogens with zero attached hydrogens (tertiary/aromatic N) is 7. The molecule has 0 radical (unpaired) electrons. The molecule has 2 amide bonds. The molecule has 13 heteroatoms. The average Bonchev–Trinajstić information content (AvgIpc) is 3.40. The minimum absolute atomic E-state index is 0.0806. The van der Waals surface area contributed by atoms with Crippen molar-refractivity contribution in [3.05, 3.63) is 23.8 Å². The summed E-state index contributed by atoms with van der Waals surface area (Å²) in [6, 6.07) is 0. The van der Waals surface area contributed by atoms with Crippen molar-refractivity contribution < 1.29 is 19.2 Å². The molecule has 0 saturated carbocycles. The third-order valence-electron chi connectivity index (χ3n) is 4.79. The molecule has 2 aromatic heterocycles. The smallest absolute Gasteiger partial charge is 0.234 e. The number of rotatable bonds is 16. The molecule has 186 valence electrons. The quantitative estimate of drug-likeness (QED) is 0.303. The van der Waals surface area contributed by atoms with Gasteiger partial charge in [0.25, 0.3) is 0 Å². The van der Waals surface area contributed by atoms with Crippen LogP contribution in [0.1, 0.15) is 38.1 Å². The zero-order valence-corrected chi connectivity index (χ0v) is 20.0. The number of hydrogen-bond donors (Lipinski definition) is 2.